The smallest absolute Gasteiger partial charge is 0.228 e. The summed E-state index contributed by atoms with van der Waals surface area (Å²) in [6.07, 6.45) is 18.3. The lowest BCUT2D eigenvalue weighted by atomic mass is 10.1. The lowest BCUT2D eigenvalue weighted by Crippen LogP contribution is -2.15. The highest BCUT2D eigenvalue weighted by molar-refractivity contribution is 8.02. The Kier molecular flexibility index (Phi) is 14.8. The molecule has 1 N–H and O–H groups in total. The number of amides is 1. The Morgan fingerprint density at radius 1 is 0.846 bits per heavy atom. The molecule has 0 fully saturated rings. The highest BCUT2D eigenvalue weighted by Gasteiger charge is 2.11. The lowest BCUT2D eigenvalue weighted by Gasteiger charge is -2.15. The molecule has 2 aromatic rings. The van der Waals surface area contributed by atoms with Gasteiger partial charge in [-0.1, -0.05) is 95.8 Å². The number of rotatable bonds is 20. The number of benzene rings is 2. The van der Waals surface area contributed by atoms with Gasteiger partial charge < -0.3 is 19.7 Å². The molecule has 1 aliphatic heterocycles. The van der Waals surface area contributed by atoms with Crippen molar-refractivity contribution in [3.8, 4) is 11.5 Å². The zero-order valence-electron chi connectivity index (χ0n) is 24.1. The lowest BCUT2D eigenvalue weighted by molar-refractivity contribution is -0.115. The predicted octanol–water partition coefficient (Wildman–Crippen LogP) is 8.93. The van der Waals surface area contributed by atoms with Gasteiger partial charge in [-0.05, 0) is 47.2 Å². The fourth-order valence-corrected chi connectivity index (χ4v) is 5.51. The van der Waals surface area contributed by atoms with Gasteiger partial charge in [0.2, 0.25) is 5.91 Å². The van der Waals surface area contributed by atoms with E-state index in [1.54, 1.807) is 18.9 Å². The van der Waals surface area contributed by atoms with E-state index < -0.39 is 0 Å². The molecule has 0 saturated heterocycles. The summed E-state index contributed by atoms with van der Waals surface area (Å²) >= 11 is 1.80. The summed E-state index contributed by atoms with van der Waals surface area (Å²) in [4.78, 5) is 15.0. The van der Waals surface area contributed by atoms with Crippen LogP contribution < -0.4 is 14.8 Å². The summed E-state index contributed by atoms with van der Waals surface area (Å²) in [5.41, 5.74) is 2.95. The van der Waals surface area contributed by atoms with Crippen LogP contribution in [0.2, 0.25) is 0 Å². The second-order valence-electron chi connectivity index (χ2n) is 10.5. The normalized spacial score (nSPS) is 12.6. The molecule has 1 aliphatic rings. The number of anilines is 1. The number of nitrogens with zero attached hydrogens (tertiary/aromatic N) is 1. The van der Waals surface area contributed by atoms with Crippen LogP contribution in [0.3, 0.4) is 0 Å². The van der Waals surface area contributed by atoms with E-state index in [1.807, 2.05) is 30.3 Å². The number of hydrogen-bond acceptors (Lipinski definition) is 5. The number of methoxy groups -OCH3 is 1. The Hall–Kier alpha value is -2.60. The van der Waals surface area contributed by atoms with Gasteiger partial charge in [-0.2, -0.15) is 0 Å². The van der Waals surface area contributed by atoms with Crippen molar-refractivity contribution >= 4 is 23.4 Å². The Bertz CT molecular complexity index is 993. The number of thioether (sulfide) groups is 1. The Balaban J connectivity index is 1.32. The predicted molar refractivity (Wildman–Crippen MR) is 165 cm³/mol. The van der Waals surface area contributed by atoms with Gasteiger partial charge in [0, 0.05) is 18.4 Å². The standard InChI is InChI=1S/C33H48N2O3S/c1-3-4-5-6-7-8-9-10-11-12-13-14-22-38-32-24-29(17-20-31(32)37-2)25-33(36)34-30-18-15-28(16-19-30)26-35-21-23-39-27-35/h15-21,23-24H,3-14,22,25-27H2,1-2H3,(H,34,36). The molecule has 0 radical (unpaired) electrons. The third-order valence-corrected chi connectivity index (χ3v) is 7.87. The molecule has 1 heterocycles. The van der Waals surface area contributed by atoms with Crippen LogP contribution in [0, 0.1) is 0 Å². The Labute approximate surface area is 240 Å². The van der Waals surface area contributed by atoms with Gasteiger partial charge in [0.1, 0.15) is 0 Å². The number of hydrogen-bond donors (Lipinski definition) is 1. The van der Waals surface area contributed by atoms with Crippen molar-refractivity contribution < 1.29 is 14.3 Å². The monoisotopic (exact) mass is 552 g/mol. The Morgan fingerprint density at radius 2 is 1.49 bits per heavy atom. The molecule has 0 aliphatic carbocycles. The third kappa shape index (κ3) is 12.4. The minimum Gasteiger partial charge on any atom is -0.493 e. The molecule has 5 nitrogen and oxygen atoms in total. The fraction of sp³-hybridized carbons (Fsp3) is 0.545. The molecule has 0 unspecified atom stereocenters. The van der Waals surface area contributed by atoms with Crippen molar-refractivity contribution in [2.75, 3.05) is 24.9 Å². The van der Waals surface area contributed by atoms with E-state index in [9.17, 15) is 4.79 Å². The molecule has 1 amide bonds. The van der Waals surface area contributed by atoms with E-state index in [1.165, 1.54) is 76.2 Å². The van der Waals surface area contributed by atoms with E-state index >= 15 is 0 Å². The first-order valence-corrected chi connectivity index (χ1v) is 15.9. The number of ether oxygens (including phenoxy) is 2. The first kappa shape index (κ1) is 30.9. The van der Waals surface area contributed by atoms with E-state index in [-0.39, 0.29) is 12.3 Å². The number of unbranched alkanes of at least 4 members (excludes halogenated alkanes) is 11. The van der Waals surface area contributed by atoms with Crippen LogP contribution in [0.5, 0.6) is 11.5 Å². The van der Waals surface area contributed by atoms with Gasteiger partial charge in [0.15, 0.2) is 11.5 Å². The maximum atomic E-state index is 12.7. The number of carbonyl (C=O) groups is 1. The molecule has 39 heavy (non-hydrogen) atoms. The fourth-order valence-electron chi connectivity index (χ4n) is 4.80. The molecular weight excluding hydrogens is 504 g/mol. The van der Waals surface area contributed by atoms with Gasteiger partial charge in [0.25, 0.3) is 0 Å². The summed E-state index contributed by atoms with van der Waals surface area (Å²) in [5.74, 6) is 2.37. The average molecular weight is 553 g/mol. The van der Waals surface area contributed by atoms with Gasteiger partial charge in [-0.25, -0.2) is 0 Å². The minimum absolute atomic E-state index is 0.0429. The van der Waals surface area contributed by atoms with Crippen molar-refractivity contribution in [1.82, 2.24) is 4.90 Å². The van der Waals surface area contributed by atoms with Crippen molar-refractivity contribution in [3.63, 3.8) is 0 Å². The highest BCUT2D eigenvalue weighted by atomic mass is 32.2. The van der Waals surface area contributed by atoms with Crippen molar-refractivity contribution in [2.45, 2.75) is 96.9 Å². The molecule has 0 saturated carbocycles. The van der Waals surface area contributed by atoms with Crippen molar-refractivity contribution in [1.29, 1.82) is 0 Å². The van der Waals surface area contributed by atoms with E-state index in [0.29, 0.717) is 18.1 Å². The molecular formula is C33H48N2O3S. The minimum atomic E-state index is -0.0429. The second kappa shape index (κ2) is 18.6. The average Bonchev–Trinajstić information content (AvgIpc) is 3.45. The van der Waals surface area contributed by atoms with Gasteiger partial charge in [-0.3, -0.25) is 4.79 Å². The molecule has 0 spiro atoms. The van der Waals surface area contributed by atoms with E-state index in [4.69, 9.17) is 9.47 Å². The van der Waals surface area contributed by atoms with Crippen LogP contribution in [0.1, 0.15) is 95.1 Å². The van der Waals surface area contributed by atoms with Gasteiger partial charge in [0.05, 0.1) is 26.0 Å². The van der Waals surface area contributed by atoms with Crippen LogP contribution in [0.25, 0.3) is 0 Å². The molecule has 3 rings (SSSR count). The van der Waals surface area contributed by atoms with E-state index in [0.717, 1.165) is 30.1 Å². The first-order valence-electron chi connectivity index (χ1n) is 14.9. The van der Waals surface area contributed by atoms with Crippen LogP contribution in [0.4, 0.5) is 5.69 Å². The highest BCUT2D eigenvalue weighted by Crippen LogP contribution is 2.29. The second-order valence-corrected chi connectivity index (χ2v) is 11.3. The SMILES string of the molecule is CCCCCCCCCCCCCCOc1cc(CC(=O)Nc2ccc(CN3C=CSC3)cc2)ccc1OC. The molecule has 6 heteroatoms. The van der Waals surface area contributed by atoms with Crippen LogP contribution in [-0.4, -0.2) is 30.4 Å². The van der Waals surface area contributed by atoms with Crippen molar-refractivity contribution in [2.24, 2.45) is 0 Å². The summed E-state index contributed by atoms with van der Waals surface area (Å²) in [7, 11) is 1.65. The molecule has 0 atom stereocenters. The summed E-state index contributed by atoms with van der Waals surface area (Å²) in [6.45, 7) is 3.82. The summed E-state index contributed by atoms with van der Waals surface area (Å²) < 4.78 is 11.6. The van der Waals surface area contributed by atoms with Gasteiger partial charge >= 0.3 is 0 Å². The first-order chi connectivity index (χ1) is 19.2. The van der Waals surface area contributed by atoms with Crippen LogP contribution in [-0.2, 0) is 17.8 Å². The maximum absolute atomic E-state index is 12.7. The third-order valence-electron chi connectivity index (χ3n) is 7.08. The van der Waals surface area contributed by atoms with Crippen molar-refractivity contribution in [3.05, 3.63) is 65.2 Å². The zero-order chi connectivity index (χ0) is 27.5. The van der Waals surface area contributed by atoms with Crippen LogP contribution >= 0.6 is 11.8 Å². The number of nitrogens with one attached hydrogen (secondary N) is 1. The van der Waals surface area contributed by atoms with Crippen LogP contribution in [0.15, 0.2) is 54.1 Å². The molecule has 0 bridgehead atoms. The Morgan fingerprint density at radius 3 is 2.10 bits per heavy atom. The van der Waals surface area contributed by atoms with Gasteiger partial charge in [-0.15, -0.1) is 11.8 Å². The molecule has 0 aromatic heterocycles. The maximum Gasteiger partial charge on any atom is 0.228 e. The zero-order valence-corrected chi connectivity index (χ0v) is 24.9. The topological polar surface area (TPSA) is 50.8 Å². The summed E-state index contributed by atoms with van der Waals surface area (Å²) in [5, 5.41) is 5.13. The largest absolute Gasteiger partial charge is 0.493 e. The molecule has 214 valence electrons. The summed E-state index contributed by atoms with van der Waals surface area (Å²) in [6, 6.07) is 13.8. The quantitative estimate of drug-likeness (QED) is 0.166. The van der Waals surface area contributed by atoms with E-state index in [2.05, 4.69) is 40.9 Å². The molecule has 2 aromatic carbocycles. The number of carbonyl (C=O) groups excluding carboxylic acids is 1.